The van der Waals surface area contributed by atoms with Crippen molar-refractivity contribution < 1.29 is 9.53 Å². The maximum Gasteiger partial charge on any atom is 0.230 e. The van der Waals surface area contributed by atoms with Crippen molar-refractivity contribution in [3.05, 3.63) is 24.3 Å². The van der Waals surface area contributed by atoms with Crippen LogP contribution in [0.1, 0.15) is 26.7 Å². The van der Waals surface area contributed by atoms with Crippen LogP contribution in [0, 0.1) is 11.3 Å². The molecule has 1 aromatic rings. The highest BCUT2D eigenvalue weighted by Crippen LogP contribution is 2.32. The fraction of sp³-hybridized carbons (Fsp3) is 0.526. The maximum absolute atomic E-state index is 12.1. The molecule has 1 amide bonds. The van der Waals surface area contributed by atoms with Gasteiger partial charge >= 0.3 is 0 Å². The minimum Gasteiger partial charge on any atom is -0.497 e. The molecule has 28 heavy (non-hydrogen) atoms. The van der Waals surface area contributed by atoms with Crippen molar-refractivity contribution >= 4 is 34.4 Å². The average molecular weight is 405 g/mol. The molecule has 3 unspecified atom stereocenters. The number of nitrogens with zero attached hydrogens (tertiary/aromatic N) is 2. The number of unbranched alkanes of at least 4 members (excludes halogenated alkanes) is 1. The second kappa shape index (κ2) is 9.40. The van der Waals surface area contributed by atoms with Gasteiger partial charge in [0.1, 0.15) is 17.8 Å². The van der Waals surface area contributed by atoms with Crippen LogP contribution >= 0.6 is 11.8 Å². The monoisotopic (exact) mass is 404 g/mol. The number of nitrogens with one attached hydrogen (secondary N) is 4. The van der Waals surface area contributed by atoms with Gasteiger partial charge in [-0.25, -0.2) is 10.4 Å². The van der Waals surface area contributed by atoms with E-state index in [0.717, 1.165) is 24.3 Å². The predicted octanol–water partition coefficient (Wildman–Crippen LogP) is 1.94. The molecule has 3 rings (SSSR count). The Morgan fingerprint density at radius 2 is 2.11 bits per heavy atom. The molecule has 1 fully saturated rings. The van der Waals surface area contributed by atoms with E-state index in [-0.39, 0.29) is 29.8 Å². The van der Waals surface area contributed by atoms with Crippen LogP contribution in [0.4, 0.5) is 5.69 Å². The molecule has 0 aromatic heterocycles. The quantitative estimate of drug-likeness (QED) is 0.518. The summed E-state index contributed by atoms with van der Waals surface area (Å²) in [7, 11) is 1.62. The highest BCUT2D eigenvalue weighted by atomic mass is 32.2. The van der Waals surface area contributed by atoms with Crippen molar-refractivity contribution in [3.8, 4) is 5.75 Å². The molecule has 0 bridgehead atoms. The van der Waals surface area contributed by atoms with Crippen LogP contribution in [-0.4, -0.2) is 48.5 Å². The van der Waals surface area contributed by atoms with E-state index in [2.05, 4.69) is 23.1 Å². The van der Waals surface area contributed by atoms with Gasteiger partial charge in [-0.05, 0) is 37.6 Å². The zero-order valence-electron chi connectivity index (χ0n) is 16.5. The Labute approximate surface area is 170 Å². The minimum atomic E-state index is -0.206. The third kappa shape index (κ3) is 4.48. The Bertz CT molecular complexity index is 738. The van der Waals surface area contributed by atoms with Crippen LogP contribution in [-0.2, 0) is 4.79 Å². The molecule has 0 aliphatic carbocycles. The summed E-state index contributed by atoms with van der Waals surface area (Å²) in [4.78, 5) is 18.8. The molecule has 8 nitrogen and oxygen atoms in total. The van der Waals surface area contributed by atoms with Gasteiger partial charge in [-0.1, -0.05) is 25.1 Å². The number of amidine groups is 2. The Balaban J connectivity index is 1.79. The fourth-order valence-corrected chi connectivity index (χ4v) is 4.15. The number of methoxy groups -OCH3 is 1. The van der Waals surface area contributed by atoms with E-state index in [1.54, 1.807) is 7.11 Å². The van der Waals surface area contributed by atoms with E-state index in [9.17, 15) is 4.79 Å². The van der Waals surface area contributed by atoms with Crippen molar-refractivity contribution in [1.29, 1.82) is 5.41 Å². The van der Waals surface area contributed by atoms with Gasteiger partial charge in [-0.2, -0.15) is 0 Å². The Morgan fingerprint density at radius 3 is 2.79 bits per heavy atom. The highest BCUT2D eigenvalue weighted by Gasteiger charge is 2.43. The summed E-state index contributed by atoms with van der Waals surface area (Å²) in [6, 6.07) is 7.63. The van der Waals surface area contributed by atoms with Crippen molar-refractivity contribution in [1.82, 2.24) is 16.2 Å². The Hall–Kier alpha value is -2.10. The van der Waals surface area contributed by atoms with Crippen molar-refractivity contribution in [2.45, 2.75) is 38.9 Å². The number of amides is 1. The van der Waals surface area contributed by atoms with Gasteiger partial charge in [0.15, 0.2) is 5.17 Å². The van der Waals surface area contributed by atoms with Crippen LogP contribution < -0.4 is 25.8 Å². The van der Waals surface area contributed by atoms with E-state index >= 15 is 0 Å². The second-order valence-corrected chi connectivity index (χ2v) is 7.81. The van der Waals surface area contributed by atoms with Crippen LogP contribution in [0.2, 0.25) is 0 Å². The molecule has 2 aliphatic heterocycles. The number of aliphatic imine (C=N–C) groups is 1. The number of carbonyl (C=O) groups excluding carboxylic acids is 1. The van der Waals surface area contributed by atoms with E-state index in [4.69, 9.17) is 15.1 Å². The lowest BCUT2D eigenvalue weighted by atomic mass is 9.97. The highest BCUT2D eigenvalue weighted by molar-refractivity contribution is 8.14. The van der Waals surface area contributed by atoms with Crippen LogP contribution in [0.5, 0.6) is 5.75 Å². The fourth-order valence-electron chi connectivity index (χ4n) is 3.27. The minimum absolute atomic E-state index is 0.0182. The topological polar surface area (TPSA) is 102 Å². The predicted molar refractivity (Wildman–Crippen MR) is 114 cm³/mol. The third-order valence-corrected chi connectivity index (χ3v) is 5.80. The number of hydrogen-bond acceptors (Lipinski definition) is 7. The summed E-state index contributed by atoms with van der Waals surface area (Å²) in [5.41, 5.74) is 7.15. The van der Waals surface area contributed by atoms with E-state index in [0.29, 0.717) is 17.5 Å². The molecule has 0 spiro atoms. The second-order valence-electron chi connectivity index (χ2n) is 6.87. The number of fused-ring (bicyclic) bond motifs is 1. The molecule has 1 saturated heterocycles. The molecular weight excluding hydrogens is 376 g/mol. The number of rotatable bonds is 7. The van der Waals surface area contributed by atoms with Gasteiger partial charge < -0.3 is 10.1 Å². The van der Waals surface area contributed by atoms with Gasteiger partial charge in [0.05, 0.1) is 18.8 Å². The molecule has 2 aliphatic rings. The summed E-state index contributed by atoms with van der Waals surface area (Å²) in [5.74, 6) is 1.39. The Morgan fingerprint density at radius 1 is 1.36 bits per heavy atom. The SMILES string of the molecule is CCCCNC(=O)CSC1=NC2NNC(C)C2C(=N)N1c1ccc(OC)cc1. The van der Waals surface area contributed by atoms with Crippen LogP contribution in [0.25, 0.3) is 0 Å². The van der Waals surface area contributed by atoms with Crippen molar-refractivity contribution in [3.63, 3.8) is 0 Å². The molecular formula is C19H28N6O2S. The average Bonchev–Trinajstić information content (AvgIpc) is 3.08. The lowest BCUT2D eigenvalue weighted by Gasteiger charge is -2.35. The lowest BCUT2D eigenvalue weighted by Crippen LogP contribution is -2.50. The molecule has 152 valence electrons. The lowest BCUT2D eigenvalue weighted by molar-refractivity contribution is -0.118. The van der Waals surface area contributed by atoms with Crippen molar-refractivity contribution in [2.75, 3.05) is 24.3 Å². The number of anilines is 1. The molecule has 9 heteroatoms. The van der Waals surface area contributed by atoms with E-state index in [1.807, 2.05) is 36.1 Å². The number of hydrogen-bond donors (Lipinski definition) is 4. The molecule has 2 heterocycles. The van der Waals surface area contributed by atoms with Gasteiger partial charge in [-0.15, -0.1) is 0 Å². The number of thioether (sulfide) groups is 1. The number of carbonyl (C=O) groups is 1. The third-order valence-electron chi connectivity index (χ3n) is 4.85. The first kappa shape index (κ1) is 20.6. The molecule has 4 N–H and O–H groups in total. The molecule has 3 atom stereocenters. The van der Waals surface area contributed by atoms with Crippen LogP contribution in [0.15, 0.2) is 29.3 Å². The molecule has 1 aromatic carbocycles. The smallest absolute Gasteiger partial charge is 0.230 e. The summed E-state index contributed by atoms with van der Waals surface area (Å²) < 4.78 is 5.24. The number of benzene rings is 1. The van der Waals surface area contributed by atoms with Gasteiger partial charge in [0, 0.05) is 18.3 Å². The largest absolute Gasteiger partial charge is 0.497 e. The maximum atomic E-state index is 12.1. The normalized spacial score (nSPS) is 24.0. The van der Waals surface area contributed by atoms with Crippen molar-refractivity contribution in [2.24, 2.45) is 10.9 Å². The number of ether oxygens (including phenoxy) is 1. The summed E-state index contributed by atoms with van der Waals surface area (Å²) in [6.07, 6.45) is 1.81. The van der Waals surface area contributed by atoms with E-state index < -0.39 is 0 Å². The Kier molecular flexibility index (Phi) is 6.93. The molecule has 0 saturated carbocycles. The first-order valence-electron chi connectivity index (χ1n) is 9.56. The molecule has 0 radical (unpaired) electrons. The first-order chi connectivity index (χ1) is 13.5. The van der Waals surface area contributed by atoms with E-state index in [1.165, 1.54) is 11.8 Å². The summed E-state index contributed by atoms with van der Waals surface area (Å²) in [6.45, 7) is 4.82. The summed E-state index contributed by atoms with van der Waals surface area (Å²) >= 11 is 1.35. The summed E-state index contributed by atoms with van der Waals surface area (Å²) in [5, 5.41) is 12.4. The number of hydrazine groups is 1. The van der Waals surface area contributed by atoms with Gasteiger partial charge in [-0.3, -0.25) is 20.5 Å². The first-order valence-corrected chi connectivity index (χ1v) is 10.5. The zero-order chi connectivity index (χ0) is 20.1. The van der Waals surface area contributed by atoms with Gasteiger partial charge in [0.25, 0.3) is 0 Å². The standard InChI is InChI=1S/C19H28N6O2S/c1-4-5-10-21-15(26)11-28-19-22-18-16(12(2)23-24-18)17(20)25(19)13-6-8-14(27-3)9-7-13/h6-9,12,16,18,20,23-24H,4-5,10-11H2,1-3H3,(H,21,26). The van der Waals surface area contributed by atoms with Crippen LogP contribution in [0.3, 0.4) is 0 Å². The zero-order valence-corrected chi connectivity index (χ0v) is 17.3. The van der Waals surface area contributed by atoms with Gasteiger partial charge in [0.2, 0.25) is 5.91 Å².